The van der Waals surface area contributed by atoms with Crippen LogP contribution in [0.25, 0.3) is 0 Å². The van der Waals surface area contributed by atoms with Gasteiger partial charge in [-0.05, 0) is 54.1 Å². The van der Waals surface area contributed by atoms with Gasteiger partial charge in [0.05, 0.1) is 17.1 Å². The molecule has 0 bridgehead atoms. The van der Waals surface area contributed by atoms with E-state index in [0.717, 1.165) is 18.3 Å². The van der Waals surface area contributed by atoms with Crippen molar-refractivity contribution in [1.82, 2.24) is 20.0 Å². The highest BCUT2D eigenvalue weighted by Crippen LogP contribution is 2.42. The van der Waals surface area contributed by atoms with Crippen LogP contribution in [0.5, 0.6) is 11.5 Å². The highest BCUT2D eigenvalue weighted by atomic mass is 32.2. The highest BCUT2D eigenvalue weighted by Gasteiger charge is 2.44. The SMILES string of the molecule is O=C(NS(=O)(=O)c1ccccc1)c1ccc(C(=O)N[C@]2(c3ccc(OC(F)(F)F)c(F)c3)CCOc3cccnc32)nc1.O=C(O)C(F)(F)F. The number of alkyl halides is 6. The number of benzene rings is 2. The number of aromatic nitrogens is 2. The summed E-state index contributed by atoms with van der Waals surface area (Å²) < 4.78 is 121. The quantitative estimate of drug-likeness (QED) is 0.226. The normalized spacial score (nSPS) is 15.7. The molecule has 1 aliphatic rings. The van der Waals surface area contributed by atoms with Crippen LogP contribution in [0, 0.1) is 5.82 Å². The first-order chi connectivity index (χ1) is 23.3. The fourth-order valence-electron chi connectivity index (χ4n) is 4.47. The number of halogens is 7. The molecule has 2 aromatic carbocycles. The fraction of sp³-hybridized carbons (Fsp3) is 0.167. The van der Waals surface area contributed by atoms with Crippen LogP contribution in [0.15, 0.2) is 90.1 Å². The number of sulfonamides is 1. The zero-order chi connectivity index (χ0) is 36.9. The maximum absolute atomic E-state index is 14.8. The lowest BCUT2D eigenvalue weighted by molar-refractivity contribution is -0.275. The second-order valence-electron chi connectivity index (χ2n) is 9.98. The van der Waals surface area contributed by atoms with E-state index in [4.69, 9.17) is 14.6 Å². The number of nitrogens with zero attached hydrogens (tertiary/aromatic N) is 2. The van der Waals surface area contributed by atoms with Gasteiger partial charge in [-0.2, -0.15) is 13.2 Å². The molecule has 0 unspecified atom stereocenters. The third-order valence-electron chi connectivity index (χ3n) is 6.67. The van der Waals surface area contributed by atoms with E-state index in [1.165, 1.54) is 48.7 Å². The zero-order valence-corrected chi connectivity index (χ0v) is 25.6. The number of amides is 2. The number of rotatable bonds is 7. The molecule has 3 heterocycles. The summed E-state index contributed by atoms with van der Waals surface area (Å²) in [7, 11) is -4.16. The molecule has 0 spiro atoms. The molecule has 2 aromatic heterocycles. The van der Waals surface area contributed by atoms with Crippen molar-refractivity contribution in [2.45, 2.75) is 29.4 Å². The second kappa shape index (κ2) is 14.4. The Labute approximate surface area is 276 Å². The molecule has 0 fully saturated rings. The summed E-state index contributed by atoms with van der Waals surface area (Å²) in [5.41, 5.74) is -1.71. The first kappa shape index (κ1) is 37.0. The van der Waals surface area contributed by atoms with Crippen LogP contribution in [-0.4, -0.2) is 60.4 Å². The van der Waals surface area contributed by atoms with Crippen molar-refractivity contribution in [3.05, 3.63) is 114 Å². The summed E-state index contributed by atoms with van der Waals surface area (Å²) in [4.78, 5) is 43.1. The summed E-state index contributed by atoms with van der Waals surface area (Å²) in [5.74, 6) is -6.68. The maximum atomic E-state index is 14.8. The van der Waals surface area contributed by atoms with Gasteiger partial charge < -0.3 is 19.9 Å². The Hall–Kier alpha value is -5.79. The van der Waals surface area contributed by atoms with Gasteiger partial charge in [-0.25, -0.2) is 22.3 Å². The molecule has 5 rings (SSSR count). The second-order valence-corrected chi connectivity index (χ2v) is 11.7. The van der Waals surface area contributed by atoms with Crippen molar-refractivity contribution in [2.75, 3.05) is 6.61 Å². The highest BCUT2D eigenvalue weighted by molar-refractivity contribution is 7.90. The minimum Gasteiger partial charge on any atom is -0.491 e. The molecule has 2 amide bonds. The number of carboxylic acids is 1. The van der Waals surface area contributed by atoms with Gasteiger partial charge in [0, 0.05) is 18.8 Å². The number of carboxylic acid groups (broad SMARTS) is 1. The number of nitrogens with one attached hydrogen (secondary N) is 2. The number of fused-ring (bicyclic) bond motifs is 1. The Morgan fingerprint density at radius 1 is 0.900 bits per heavy atom. The molecule has 0 saturated heterocycles. The van der Waals surface area contributed by atoms with E-state index in [1.807, 2.05) is 4.72 Å². The van der Waals surface area contributed by atoms with Crippen molar-refractivity contribution in [2.24, 2.45) is 0 Å². The molecule has 12 nitrogen and oxygen atoms in total. The molecule has 1 aliphatic heterocycles. The molecule has 0 aliphatic carbocycles. The molecule has 50 heavy (non-hydrogen) atoms. The molecule has 3 N–H and O–H groups in total. The largest absolute Gasteiger partial charge is 0.573 e. The lowest BCUT2D eigenvalue weighted by Crippen LogP contribution is -2.50. The smallest absolute Gasteiger partial charge is 0.491 e. The molecular weight excluding hydrogens is 709 g/mol. The number of hydrogen-bond donors (Lipinski definition) is 3. The fourth-order valence-corrected chi connectivity index (χ4v) is 5.46. The van der Waals surface area contributed by atoms with Crippen LogP contribution in [0.3, 0.4) is 0 Å². The molecular formula is C30H21F7N4O8S. The summed E-state index contributed by atoms with van der Waals surface area (Å²) in [5, 5.41) is 9.88. The molecule has 20 heteroatoms. The summed E-state index contributed by atoms with van der Waals surface area (Å²) in [6.07, 6.45) is -7.79. The molecule has 1 atom stereocenters. The van der Waals surface area contributed by atoms with E-state index in [-0.39, 0.29) is 46.2 Å². The monoisotopic (exact) mass is 730 g/mol. The van der Waals surface area contributed by atoms with E-state index < -0.39 is 57.5 Å². The summed E-state index contributed by atoms with van der Waals surface area (Å²) >= 11 is 0. The zero-order valence-electron chi connectivity index (χ0n) is 24.8. The van der Waals surface area contributed by atoms with E-state index in [9.17, 15) is 48.7 Å². The number of ether oxygens (including phenoxy) is 2. The van der Waals surface area contributed by atoms with Gasteiger partial charge in [-0.15, -0.1) is 13.2 Å². The van der Waals surface area contributed by atoms with E-state index in [2.05, 4.69) is 20.0 Å². The standard InChI is InChI=1S/C28H20F4N4O6S.C2HF3O2/c29-20-15-18(9-11-22(20)42-28(30,31)32)27(12-14-41-23-7-4-13-33-24(23)27)35-26(38)21-10-8-17(16-34-21)25(37)36-43(39,40)19-5-2-1-3-6-19;3-2(4,5)1(6)7/h1-11,13,15-16H,12,14H2,(H,35,38)(H,36,37);(H,6,7)/t27-;/m0./s1. The number of carbonyl (C=O) groups excluding carboxylic acids is 2. The van der Waals surface area contributed by atoms with Crippen LogP contribution in [0.4, 0.5) is 30.7 Å². The van der Waals surface area contributed by atoms with Crippen LogP contribution in [-0.2, 0) is 20.4 Å². The van der Waals surface area contributed by atoms with Crippen molar-refractivity contribution in [3.8, 4) is 11.5 Å². The summed E-state index contributed by atoms with van der Waals surface area (Å²) in [6.45, 7) is 0.0316. The van der Waals surface area contributed by atoms with Gasteiger partial charge in [-0.1, -0.05) is 24.3 Å². The predicted molar refractivity (Wildman–Crippen MR) is 155 cm³/mol. The molecule has 0 radical (unpaired) electrons. The van der Waals surface area contributed by atoms with Crippen molar-refractivity contribution in [1.29, 1.82) is 0 Å². The molecule has 0 saturated carbocycles. The van der Waals surface area contributed by atoms with Crippen molar-refractivity contribution in [3.63, 3.8) is 0 Å². The van der Waals surface area contributed by atoms with Crippen molar-refractivity contribution < 1.29 is 68.1 Å². The first-order valence-electron chi connectivity index (χ1n) is 13.7. The van der Waals surface area contributed by atoms with E-state index >= 15 is 0 Å². The van der Waals surface area contributed by atoms with E-state index in [1.54, 1.807) is 18.2 Å². The maximum Gasteiger partial charge on any atom is 0.573 e. The third kappa shape index (κ3) is 8.81. The van der Waals surface area contributed by atoms with Crippen LogP contribution in [0.1, 0.15) is 38.5 Å². The number of hydrogen-bond acceptors (Lipinski definition) is 9. The average molecular weight is 731 g/mol. The Morgan fingerprint density at radius 2 is 1.58 bits per heavy atom. The van der Waals surface area contributed by atoms with Gasteiger partial charge in [-0.3, -0.25) is 19.6 Å². The Balaban J connectivity index is 0.000000727. The van der Waals surface area contributed by atoms with Crippen LogP contribution in [0.2, 0.25) is 0 Å². The van der Waals surface area contributed by atoms with Gasteiger partial charge in [0.1, 0.15) is 22.7 Å². The van der Waals surface area contributed by atoms with Crippen LogP contribution >= 0.6 is 0 Å². The van der Waals surface area contributed by atoms with Crippen LogP contribution < -0.4 is 19.5 Å². The minimum absolute atomic E-state index is 0.0134. The Kier molecular flexibility index (Phi) is 10.6. The van der Waals surface area contributed by atoms with Crippen molar-refractivity contribution >= 4 is 27.8 Å². The lowest BCUT2D eigenvalue weighted by Gasteiger charge is -2.39. The molecule has 264 valence electrons. The van der Waals surface area contributed by atoms with Gasteiger partial charge >= 0.3 is 18.5 Å². The van der Waals surface area contributed by atoms with Gasteiger partial charge in [0.15, 0.2) is 11.6 Å². The van der Waals surface area contributed by atoms with Gasteiger partial charge in [0.25, 0.3) is 21.8 Å². The van der Waals surface area contributed by atoms with Gasteiger partial charge in [0.2, 0.25) is 0 Å². The average Bonchev–Trinajstić information content (AvgIpc) is 3.05. The lowest BCUT2D eigenvalue weighted by atomic mass is 9.81. The predicted octanol–water partition coefficient (Wildman–Crippen LogP) is 4.72. The Bertz CT molecular complexity index is 2000. The summed E-state index contributed by atoms with van der Waals surface area (Å²) in [6, 6.07) is 15.5. The number of aliphatic carboxylic acids is 1. The number of carbonyl (C=O) groups is 3. The number of pyridine rings is 2. The Morgan fingerprint density at radius 3 is 2.16 bits per heavy atom. The first-order valence-corrected chi connectivity index (χ1v) is 15.2. The van der Waals surface area contributed by atoms with E-state index in [0.29, 0.717) is 0 Å². The molecule has 4 aromatic rings. The topological polar surface area (TPSA) is 174 Å². The minimum atomic E-state index is -5.12. The third-order valence-corrected chi connectivity index (χ3v) is 8.02.